The van der Waals surface area contributed by atoms with Crippen LogP contribution in [0, 0.1) is 5.92 Å². The highest BCUT2D eigenvalue weighted by Crippen LogP contribution is 2.24. The third-order valence-electron chi connectivity index (χ3n) is 3.35. The van der Waals surface area contributed by atoms with Gasteiger partial charge in [0.05, 0.1) is 24.1 Å². The van der Waals surface area contributed by atoms with Crippen molar-refractivity contribution in [1.82, 2.24) is 9.55 Å². The van der Waals surface area contributed by atoms with Gasteiger partial charge in [0.2, 0.25) is 0 Å². The van der Waals surface area contributed by atoms with Gasteiger partial charge in [0.15, 0.2) is 0 Å². The smallest absolute Gasteiger partial charge is 0.150 e. The molecular formula is C13H16N2O2S. The summed E-state index contributed by atoms with van der Waals surface area (Å²) < 4.78 is 7.34. The van der Waals surface area contributed by atoms with Crippen LogP contribution in [0.25, 0.3) is 10.7 Å². The highest BCUT2D eigenvalue weighted by Gasteiger charge is 2.24. The maximum Gasteiger partial charge on any atom is 0.150 e. The quantitative estimate of drug-likeness (QED) is 0.919. The van der Waals surface area contributed by atoms with Crippen LogP contribution < -0.4 is 0 Å². The van der Waals surface area contributed by atoms with E-state index in [1.807, 2.05) is 22.2 Å². The topological polar surface area (TPSA) is 47.3 Å². The monoisotopic (exact) mass is 264 g/mol. The summed E-state index contributed by atoms with van der Waals surface area (Å²) in [6, 6.07) is 4.06. The van der Waals surface area contributed by atoms with Gasteiger partial charge in [0.25, 0.3) is 0 Å². The Hall–Kier alpha value is -1.17. The van der Waals surface area contributed by atoms with E-state index in [0.29, 0.717) is 13.2 Å². The molecule has 0 bridgehead atoms. The van der Waals surface area contributed by atoms with Crippen LogP contribution in [-0.2, 0) is 11.3 Å². The van der Waals surface area contributed by atoms with Gasteiger partial charge >= 0.3 is 0 Å². The molecule has 96 valence electrons. The van der Waals surface area contributed by atoms with Crippen molar-refractivity contribution in [3.63, 3.8) is 0 Å². The average molecular weight is 264 g/mol. The Balaban J connectivity index is 1.75. The minimum absolute atomic E-state index is 0.253. The van der Waals surface area contributed by atoms with Crippen LogP contribution in [0.1, 0.15) is 6.42 Å². The summed E-state index contributed by atoms with van der Waals surface area (Å²) in [4.78, 5) is 5.50. The van der Waals surface area contributed by atoms with Crippen LogP contribution >= 0.6 is 11.3 Å². The normalized spacial score (nSPS) is 21.3. The summed E-state index contributed by atoms with van der Waals surface area (Å²) in [5.74, 6) is 1.19. The SMILES string of the molecule is OC(Cn1ccnc1-c1cccs1)C1CCOC1. The van der Waals surface area contributed by atoms with Crippen molar-refractivity contribution >= 4 is 11.3 Å². The van der Waals surface area contributed by atoms with Crippen LogP contribution in [0.2, 0.25) is 0 Å². The number of nitrogens with zero attached hydrogens (tertiary/aromatic N) is 2. The molecule has 3 rings (SSSR count). The van der Waals surface area contributed by atoms with E-state index in [0.717, 1.165) is 23.7 Å². The molecule has 3 heterocycles. The summed E-state index contributed by atoms with van der Waals surface area (Å²) in [5.41, 5.74) is 0. The van der Waals surface area contributed by atoms with E-state index in [1.165, 1.54) is 0 Å². The Morgan fingerprint density at radius 2 is 2.56 bits per heavy atom. The predicted octanol–water partition coefficient (Wildman–Crippen LogP) is 2.01. The lowest BCUT2D eigenvalue weighted by atomic mass is 10.0. The summed E-state index contributed by atoms with van der Waals surface area (Å²) in [7, 11) is 0. The van der Waals surface area contributed by atoms with Crippen molar-refractivity contribution < 1.29 is 9.84 Å². The lowest BCUT2D eigenvalue weighted by molar-refractivity contribution is 0.0781. The number of rotatable bonds is 4. The number of hydrogen-bond donors (Lipinski definition) is 1. The van der Waals surface area contributed by atoms with Gasteiger partial charge in [0.1, 0.15) is 5.82 Å². The van der Waals surface area contributed by atoms with Crippen molar-refractivity contribution in [3.05, 3.63) is 29.9 Å². The number of aliphatic hydroxyl groups excluding tert-OH is 1. The first kappa shape index (κ1) is 11.9. The molecule has 2 atom stereocenters. The zero-order valence-electron chi connectivity index (χ0n) is 10.0. The fourth-order valence-corrected chi connectivity index (χ4v) is 3.03. The van der Waals surface area contributed by atoms with E-state index in [9.17, 15) is 5.11 Å². The Bertz CT molecular complexity index is 489. The maximum atomic E-state index is 10.2. The number of ether oxygens (including phenoxy) is 1. The van der Waals surface area contributed by atoms with Gasteiger partial charge in [-0.1, -0.05) is 6.07 Å². The molecule has 1 aliphatic heterocycles. The molecule has 1 aliphatic rings. The minimum Gasteiger partial charge on any atom is -0.391 e. The first-order valence-electron chi connectivity index (χ1n) is 6.15. The first-order chi connectivity index (χ1) is 8.84. The second-order valence-electron chi connectivity index (χ2n) is 4.57. The lowest BCUT2D eigenvalue weighted by Gasteiger charge is -2.18. The second-order valence-corrected chi connectivity index (χ2v) is 5.52. The maximum absolute atomic E-state index is 10.2. The van der Waals surface area contributed by atoms with Crippen LogP contribution in [0.3, 0.4) is 0 Å². The predicted molar refractivity (Wildman–Crippen MR) is 70.5 cm³/mol. The number of imidazole rings is 1. The van der Waals surface area contributed by atoms with Gasteiger partial charge in [-0.2, -0.15) is 0 Å². The highest BCUT2D eigenvalue weighted by molar-refractivity contribution is 7.13. The molecule has 2 aromatic rings. The molecule has 0 aromatic carbocycles. The summed E-state index contributed by atoms with van der Waals surface area (Å²) in [5, 5.41) is 12.3. The van der Waals surface area contributed by atoms with Crippen molar-refractivity contribution in [2.45, 2.75) is 19.1 Å². The molecule has 1 saturated heterocycles. The van der Waals surface area contributed by atoms with Gasteiger partial charge in [0, 0.05) is 24.9 Å². The van der Waals surface area contributed by atoms with Gasteiger partial charge < -0.3 is 14.4 Å². The van der Waals surface area contributed by atoms with Crippen LogP contribution in [-0.4, -0.2) is 34.0 Å². The molecule has 2 aromatic heterocycles. The summed E-state index contributed by atoms with van der Waals surface area (Å²) in [6.45, 7) is 2.02. The Labute approximate surface area is 110 Å². The van der Waals surface area contributed by atoms with E-state index < -0.39 is 0 Å². The fraction of sp³-hybridized carbons (Fsp3) is 0.462. The van der Waals surface area contributed by atoms with Crippen LogP contribution in [0.15, 0.2) is 29.9 Å². The molecule has 1 N–H and O–H groups in total. The second kappa shape index (κ2) is 5.22. The number of hydrogen-bond acceptors (Lipinski definition) is 4. The molecule has 18 heavy (non-hydrogen) atoms. The van der Waals surface area contributed by atoms with E-state index in [1.54, 1.807) is 17.5 Å². The van der Waals surface area contributed by atoms with Gasteiger partial charge in [-0.25, -0.2) is 4.98 Å². The zero-order valence-corrected chi connectivity index (χ0v) is 10.8. The lowest BCUT2D eigenvalue weighted by Crippen LogP contribution is -2.26. The Kier molecular flexibility index (Phi) is 3.45. The van der Waals surface area contributed by atoms with E-state index in [-0.39, 0.29) is 12.0 Å². The molecule has 0 spiro atoms. The molecule has 0 amide bonds. The molecular weight excluding hydrogens is 248 g/mol. The molecule has 0 radical (unpaired) electrons. The largest absolute Gasteiger partial charge is 0.391 e. The van der Waals surface area contributed by atoms with Crippen molar-refractivity contribution in [2.24, 2.45) is 5.92 Å². The van der Waals surface area contributed by atoms with E-state index >= 15 is 0 Å². The summed E-state index contributed by atoms with van der Waals surface area (Å²) in [6.07, 6.45) is 4.30. The van der Waals surface area contributed by atoms with Gasteiger partial charge in [-0.3, -0.25) is 0 Å². The van der Waals surface area contributed by atoms with Crippen LogP contribution in [0.4, 0.5) is 0 Å². The molecule has 2 unspecified atom stereocenters. The van der Waals surface area contributed by atoms with E-state index in [4.69, 9.17) is 4.74 Å². The molecule has 0 saturated carbocycles. The van der Waals surface area contributed by atoms with Gasteiger partial charge in [-0.05, 0) is 17.9 Å². The van der Waals surface area contributed by atoms with Crippen LogP contribution in [0.5, 0.6) is 0 Å². The van der Waals surface area contributed by atoms with Crippen molar-refractivity contribution in [1.29, 1.82) is 0 Å². The Morgan fingerprint density at radius 3 is 3.28 bits per heavy atom. The summed E-state index contributed by atoms with van der Waals surface area (Å²) >= 11 is 1.66. The van der Waals surface area contributed by atoms with Crippen molar-refractivity contribution in [3.8, 4) is 10.7 Å². The number of aliphatic hydroxyl groups is 1. The number of aromatic nitrogens is 2. The third kappa shape index (κ3) is 2.34. The van der Waals surface area contributed by atoms with E-state index in [2.05, 4.69) is 11.1 Å². The molecule has 0 aliphatic carbocycles. The first-order valence-corrected chi connectivity index (χ1v) is 7.03. The average Bonchev–Trinajstić information content (AvgIpc) is 3.11. The van der Waals surface area contributed by atoms with Gasteiger partial charge in [-0.15, -0.1) is 11.3 Å². The molecule has 1 fully saturated rings. The Morgan fingerprint density at radius 1 is 1.61 bits per heavy atom. The zero-order chi connectivity index (χ0) is 12.4. The highest BCUT2D eigenvalue weighted by atomic mass is 32.1. The van der Waals surface area contributed by atoms with Crippen molar-refractivity contribution in [2.75, 3.05) is 13.2 Å². The fourth-order valence-electron chi connectivity index (χ4n) is 2.29. The minimum atomic E-state index is -0.361. The number of thiophene rings is 1. The third-order valence-corrected chi connectivity index (χ3v) is 4.22. The standard InChI is InChI=1S/C13H16N2O2S/c16-11(10-3-6-17-9-10)8-15-5-4-14-13(15)12-2-1-7-18-12/h1-2,4-5,7,10-11,16H,3,6,8-9H2. The molecule has 5 heteroatoms. The molecule has 4 nitrogen and oxygen atoms in total.